The summed E-state index contributed by atoms with van der Waals surface area (Å²) in [5, 5.41) is 5.34. The van der Waals surface area contributed by atoms with Crippen molar-refractivity contribution in [2.75, 3.05) is 13.1 Å². The fraction of sp³-hybridized carbons (Fsp3) is 0.857. The van der Waals surface area contributed by atoms with Crippen LogP contribution in [0.2, 0.25) is 0 Å². The molecule has 18 heavy (non-hydrogen) atoms. The van der Waals surface area contributed by atoms with Gasteiger partial charge in [-0.15, -0.1) is 0 Å². The Bertz CT molecular complexity index is 242. The lowest BCUT2D eigenvalue weighted by Gasteiger charge is -2.15. The van der Waals surface area contributed by atoms with Crippen molar-refractivity contribution in [2.24, 2.45) is 5.92 Å². The lowest BCUT2D eigenvalue weighted by atomic mass is 9.99. The first-order valence-corrected chi connectivity index (χ1v) is 7.21. The molecule has 0 aliphatic heterocycles. The summed E-state index contributed by atoms with van der Waals surface area (Å²) in [4.78, 5) is 22.9. The van der Waals surface area contributed by atoms with Crippen molar-refractivity contribution in [1.29, 1.82) is 0 Å². The molecule has 0 heterocycles. The van der Waals surface area contributed by atoms with E-state index < -0.39 is 11.8 Å². The van der Waals surface area contributed by atoms with E-state index in [0.717, 1.165) is 25.7 Å². The zero-order valence-corrected chi connectivity index (χ0v) is 12.1. The maximum Gasteiger partial charge on any atom is 0.309 e. The van der Waals surface area contributed by atoms with Crippen LogP contribution < -0.4 is 10.6 Å². The van der Waals surface area contributed by atoms with Crippen molar-refractivity contribution >= 4 is 11.8 Å². The van der Waals surface area contributed by atoms with Gasteiger partial charge in [0.2, 0.25) is 0 Å². The fourth-order valence-corrected chi connectivity index (χ4v) is 1.72. The van der Waals surface area contributed by atoms with Crippen LogP contribution in [0.5, 0.6) is 0 Å². The van der Waals surface area contributed by atoms with Gasteiger partial charge in [0.15, 0.2) is 0 Å². The first-order chi connectivity index (χ1) is 8.65. The number of carbonyl (C=O) groups is 2. The van der Waals surface area contributed by atoms with Crippen molar-refractivity contribution in [3.8, 4) is 0 Å². The molecule has 106 valence electrons. The van der Waals surface area contributed by atoms with Crippen LogP contribution in [0.1, 0.15) is 59.3 Å². The van der Waals surface area contributed by atoms with E-state index in [1.54, 1.807) is 0 Å². The zero-order valence-electron chi connectivity index (χ0n) is 12.1. The van der Waals surface area contributed by atoms with Crippen LogP contribution in [0, 0.1) is 5.92 Å². The van der Waals surface area contributed by atoms with Crippen LogP contribution in [0.25, 0.3) is 0 Å². The van der Waals surface area contributed by atoms with Crippen molar-refractivity contribution in [1.82, 2.24) is 10.6 Å². The molecule has 1 atom stereocenters. The molecule has 0 bridgehead atoms. The summed E-state index contributed by atoms with van der Waals surface area (Å²) in [6.45, 7) is 7.51. The molecule has 0 aromatic carbocycles. The monoisotopic (exact) mass is 256 g/mol. The molecule has 0 radical (unpaired) electrons. The molecule has 0 aromatic rings. The van der Waals surface area contributed by atoms with Gasteiger partial charge in [0.25, 0.3) is 0 Å². The van der Waals surface area contributed by atoms with Crippen molar-refractivity contribution < 1.29 is 9.59 Å². The first kappa shape index (κ1) is 16.9. The predicted octanol–water partition coefficient (Wildman–Crippen LogP) is 2.24. The maximum atomic E-state index is 11.5. The minimum Gasteiger partial charge on any atom is -0.348 e. The molecule has 2 N–H and O–H groups in total. The third kappa shape index (κ3) is 8.09. The van der Waals surface area contributed by atoms with E-state index in [0.29, 0.717) is 19.0 Å². The average molecular weight is 256 g/mol. The van der Waals surface area contributed by atoms with E-state index in [-0.39, 0.29) is 0 Å². The third-order valence-electron chi connectivity index (χ3n) is 3.12. The molecule has 0 fully saturated rings. The SMILES string of the molecule is CCCCNC(=O)C(=O)NCC(CC)CCCC. The lowest BCUT2D eigenvalue weighted by molar-refractivity contribution is -0.139. The predicted molar refractivity (Wildman–Crippen MR) is 74.2 cm³/mol. The summed E-state index contributed by atoms with van der Waals surface area (Å²) in [7, 11) is 0. The standard InChI is InChI=1S/C14H28N2O2/c1-4-7-9-12(6-3)11-16-14(18)13(17)15-10-8-5-2/h12H,4-11H2,1-3H3,(H,15,17)(H,16,18). The minimum atomic E-state index is -0.506. The summed E-state index contributed by atoms with van der Waals surface area (Å²) in [5.74, 6) is -0.521. The number of carbonyl (C=O) groups excluding carboxylic acids is 2. The molecule has 0 aromatic heterocycles. The number of unbranched alkanes of at least 4 members (excludes halogenated alkanes) is 2. The molecule has 4 heteroatoms. The van der Waals surface area contributed by atoms with E-state index in [9.17, 15) is 9.59 Å². The Morgan fingerprint density at radius 2 is 1.56 bits per heavy atom. The average Bonchev–Trinajstić information content (AvgIpc) is 2.38. The highest BCUT2D eigenvalue weighted by atomic mass is 16.2. The second kappa shape index (κ2) is 11.1. The Labute approximate surface area is 111 Å². The van der Waals surface area contributed by atoms with Gasteiger partial charge in [-0.25, -0.2) is 0 Å². The highest BCUT2D eigenvalue weighted by molar-refractivity contribution is 6.35. The van der Waals surface area contributed by atoms with E-state index >= 15 is 0 Å². The Kier molecular flexibility index (Phi) is 10.4. The van der Waals surface area contributed by atoms with Gasteiger partial charge in [0.1, 0.15) is 0 Å². The van der Waals surface area contributed by atoms with Gasteiger partial charge in [-0.2, -0.15) is 0 Å². The van der Waals surface area contributed by atoms with E-state index in [4.69, 9.17) is 0 Å². The van der Waals surface area contributed by atoms with Crippen LogP contribution >= 0.6 is 0 Å². The first-order valence-electron chi connectivity index (χ1n) is 7.21. The van der Waals surface area contributed by atoms with Crippen molar-refractivity contribution in [3.63, 3.8) is 0 Å². The van der Waals surface area contributed by atoms with Gasteiger partial charge in [-0.05, 0) is 18.8 Å². The molecule has 0 saturated heterocycles. The molecule has 0 saturated carbocycles. The maximum absolute atomic E-state index is 11.5. The van der Waals surface area contributed by atoms with E-state index in [1.807, 2.05) is 6.92 Å². The summed E-state index contributed by atoms with van der Waals surface area (Å²) in [6.07, 6.45) is 6.42. The highest BCUT2D eigenvalue weighted by Crippen LogP contribution is 2.10. The van der Waals surface area contributed by atoms with Crippen LogP contribution in [-0.2, 0) is 9.59 Å². The van der Waals surface area contributed by atoms with Crippen LogP contribution in [0.15, 0.2) is 0 Å². The van der Waals surface area contributed by atoms with E-state index in [2.05, 4.69) is 24.5 Å². The second-order valence-corrected chi connectivity index (χ2v) is 4.74. The molecule has 0 aliphatic carbocycles. The fourth-order valence-electron chi connectivity index (χ4n) is 1.72. The summed E-state index contributed by atoms with van der Waals surface area (Å²) in [6, 6.07) is 0. The van der Waals surface area contributed by atoms with Crippen molar-refractivity contribution in [2.45, 2.75) is 59.3 Å². The number of hydrogen-bond acceptors (Lipinski definition) is 2. The smallest absolute Gasteiger partial charge is 0.309 e. The molecular formula is C14H28N2O2. The van der Waals surface area contributed by atoms with Gasteiger partial charge in [-0.1, -0.05) is 46.5 Å². The van der Waals surface area contributed by atoms with Crippen LogP contribution in [0.4, 0.5) is 0 Å². The van der Waals surface area contributed by atoms with Gasteiger partial charge in [0.05, 0.1) is 0 Å². The molecule has 0 aliphatic rings. The summed E-state index contributed by atoms with van der Waals surface area (Å²) < 4.78 is 0. The molecular weight excluding hydrogens is 228 g/mol. The normalized spacial score (nSPS) is 11.9. The van der Waals surface area contributed by atoms with Gasteiger partial charge in [0, 0.05) is 13.1 Å². The molecule has 0 rings (SSSR count). The molecule has 1 unspecified atom stereocenters. The lowest BCUT2D eigenvalue weighted by Crippen LogP contribution is -2.41. The quantitative estimate of drug-likeness (QED) is 0.491. The largest absolute Gasteiger partial charge is 0.348 e. The molecule has 2 amide bonds. The Morgan fingerprint density at radius 1 is 0.944 bits per heavy atom. The summed E-state index contributed by atoms with van der Waals surface area (Å²) >= 11 is 0. The second-order valence-electron chi connectivity index (χ2n) is 4.74. The van der Waals surface area contributed by atoms with Gasteiger partial charge >= 0.3 is 11.8 Å². The zero-order chi connectivity index (χ0) is 13.8. The van der Waals surface area contributed by atoms with Crippen molar-refractivity contribution in [3.05, 3.63) is 0 Å². The molecule has 4 nitrogen and oxygen atoms in total. The highest BCUT2D eigenvalue weighted by Gasteiger charge is 2.14. The number of nitrogens with one attached hydrogen (secondary N) is 2. The Morgan fingerprint density at radius 3 is 2.11 bits per heavy atom. The Hall–Kier alpha value is -1.06. The van der Waals surface area contributed by atoms with Gasteiger partial charge in [-0.3, -0.25) is 9.59 Å². The summed E-state index contributed by atoms with van der Waals surface area (Å²) in [5.41, 5.74) is 0. The Balaban J connectivity index is 3.81. The third-order valence-corrected chi connectivity index (χ3v) is 3.12. The topological polar surface area (TPSA) is 58.2 Å². The van der Waals surface area contributed by atoms with Crippen LogP contribution in [-0.4, -0.2) is 24.9 Å². The molecule has 0 spiro atoms. The van der Waals surface area contributed by atoms with Gasteiger partial charge < -0.3 is 10.6 Å². The number of amides is 2. The van der Waals surface area contributed by atoms with E-state index in [1.165, 1.54) is 12.8 Å². The number of rotatable bonds is 9. The van der Waals surface area contributed by atoms with Crippen LogP contribution in [0.3, 0.4) is 0 Å². The number of hydrogen-bond donors (Lipinski definition) is 2. The minimum absolute atomic E-state index is 0.484.